The number of aliphatic imine (C=N–C) groups is 1. The Morgan fingerprint density at radius 2 is 1.42 bits per heavy atom. The van der Waals surface area contributed by atoms with E-state index in [0.29, 0.717) is 0 Å². The van der Waals surface area contributed by atoms with E-state index in [1.165, 1.54) is 5.56 Å². The van der Waals surface area contributed by atoms with Gasteiger partial charge in [-0.05, 0) is 49.6 Å². The van der Waals surface area contributed by atoms with Crippen molar-refractivity contribution < 1.29 is 4.74 Å². The Kier molecular flexibility index (Phi) is 5.41. The maximum absolute atomic E-state index is 5.97. The summed E-state index contributed by atoms with van der Waals surface area (Å²) < 4.78 is 5.97. The number of aryl methyl sites for hydroxylation is 1. The van der Waals surface area contributed by atoms with Crippen molar-refractivity contribution in [3.05, 3.63) is 90.5 Å². The average molecular weight is 315 g/mol. The second-order valence-electron chi connectivity index (χ2n) is 5.72. The largest absolute Gasteiger partial charge is 0.455 e. The zero-order valence-corrected chi connectivity index (χ0v) is 13.9. The second-order valence-corrected chi connectivity index (χ2v) is 5.72. The lowest BCUT2D eigenvalue weighted by atomic mass is 10.1. The van der Waals surface area contributed by atoms with Crippen LogP contribution in [0.5, 0.6) is 11.5 Å². The molecule has 0 spiro atoms. The molecule has 0 aliphatic rings. The molecule has 3 aromatic rings. The topological polar surface area (TPSA) is 21.6 Å². The van der Waals surface area contributed by atoms with Crippen LogP contribution in [0.3, 0.4) is 0 Å². The van der Waals surface area contributed by atoms with E-state index in [-0.39, 0.29) is 0 Å². The molecule has 3 aromatic carbocycles. The van der Waals surface area contributed by atoms with Crippen molar-refractivity contribution in [2.24, 2.45) is 4.99 Å². The number of rotatable bonds is 6. The first-order valence-corrected chi connectivity index (χ1v) is 8.21. The molecule has 2 heteroatoms. The lowest BCUT2D eigenvalue weighted by Crippen LogP contribution is -1.95. The minimum absolute atomic E-state index is 0.780. The predicted molar refractivity (Wildman–Crippen MR) is 100 cm³/mol. The fraction of sp³-hybridized carbons (Fsp3) is 0.136. The summed E-state index contributed by atoms with van der Waals surface area (Å²) in [6.45, 7) is 2.07. The van der Waals surface area contributed by atoms with Gasteiger partial charge in [0, 0.05) is 5.71 Å². The Labute approximate surface area is 143 Å². The van der Waals surface area contributed by atoms with Gasteiger partial charge in [-0.15, -0.1) is 0 Å². The van der Waals surface area contributed by atoms with Crippen LogP contribution >= 0.6 is 0 Å². The molecule has 120 valence electrons. The van der Waals surface area contributed by atoms with Gasteiger partial charge in [0.15, 0.2) is 5.75 Å². The first-order valence-electron chi connectivity index (χ1n) is 8.21. The van der Waals surface area contributed by atoms with Gasteiger partial charge in [0.1, 0.15) is 11.4 Å². The van der Waals surface area contributed by atoms with Crippen LogP contribution in [0.2, 0.25) is 0 Å². The van der Waals surface area contributed by atoms with E-state index in [1.807, 2.05) is 60.7 Å². The molecule has 0 unspecified atom stereocenters. The van der Waals surface area contributed by atoms with Gasteiger partial charge in [-0.3, -0.25) is 4.99 Å². The third-order valence-electron chi connectivity index (χ3n) is 3.77. The summed E-state index contributed by atoms with van der Waals surface area (Å²) in [7, 11) is 0. The lowest BCUT2D eigenvalue weighted by molar-refractivity contribution is 0.484. The number of ether oxygens (including phenoxy) is 1. The molecule has 0 saturated carbocycles. The lowest BCUT2D eigenvalue weighted by Gasteiger charge is -2.09. The predicted octanol–water partition coefficient (Wildman–Crippen LogP) is 6.20. The zero-order chi connectivity index (χ0) is 16.6. The van der Waals surface area contributed by atoms with Gasteiger partial charge in [-0.2, -0.15) is 0 Å². The van der Waals surface area contributed by atoms with E-state index in [0.717, 1.165) is 35.7 Å². The average Bonchev–Trinajstić information content (AvgIpc) is 2.63. The number of hydrogen-bond donors (Lipinski definition) is 0. The van der Waals surface area contributed by atoms with Crippen molar-refractivity contribution in [2.75, 3.05) is 0 Å². The highest BCUT2D eigenvalue weighted by molar-refractivity contribution is 5.85. The van der Waals surface area contributed by atoms with Crippen LogP contribution in [0.1, 0.15) is 18.9 Å². The smallest absolute Gasteiger partial charge is 0.153 e. The van der Waals surface area contributed by atoms with Crippen LogP contribution < -0.4 is 4.74 Å². The molecule has 3 rings (SSSR count). The molecule has 2 nitrogen and oxygen atoms in total. The number of nitrogens with zero attached hydrogens (tertiary/aromatic N) is 1. The first-order chi connectivity index (χ1) is 11.8. The quantitative estimate of drug-likeness (QED) is 0.496. The normalized spacial score (nSPS) is 11.3. The van der Waals surface area contributed by atoms with Crippen molar-refractivity contribution >= 4 is 11.4 Å². The Morgan fingerprint density at radius 3 is 2.17 bits per heavy atom. The molecular weight excluding hydrogens is 294 g/mol. The van der Waals surface area contributed by atoms with E-state index in [2.05, 4.69) is 31.2 Å². The van der Waals surface area contributed by atoms with Crippen LogP contribution in [-0.4, -0.2) is 5.71 Å². The fourth-order valence-electron chi connectivity index (χ4n) is 2.48. The summed E-state index contributed by atoms with van der Waals surface area (Å²) >= 11 is 0. The third-order valence-corrected chi connectivity index (χ3v) is 3.77. The fourth-order valence-corrected chi connectivity index (χ4v) is 2.48. The maximum atomic E-state index is 5.97. The van der Waals surface area contributed by atoms with Gasteiger partial charge < -0.3 is 4.74 Å². The minimum atomic E-state index is 0.780. The molecular formula is C22H21NO. The second kappa shape index (κ2) is 8.11. The Balaban J connectivity index is 1.72. The van der Waals surface area contributed by atoms with Crippen LogP contribution in [0.15, 0.2) is 89.9 Å². The number of para-hydroxylation sites is 3. The Morgan fingerprint density at radius 1 is 0.792 bits per heavy atom. The SMILES string of the molecule is CC(CCc1ccccc1)=Nc1ccccc1Oc1ccccc1. The molecule has 0 atom stereocenters. The summed E-state index contributed by atoms with van der Waals surface area (Å²) in [6.07, 6.45) is 1.93. The van der Waals surface area contributed by atoms with Crippen LogP contribution in [0.25, 0.3) is 0 Å². The van der Waals surface area contributed by atoms with Gasteiger partial charge in [-0.1, -0.05) is 60.7 Å². The molecule has 0 bridgehead atoms. The molecule has 0 amide bonds. The van der Waals surface area contributed by atoms with E-state index in [1.54, 1.807) is 0 Å². The highest BCUT2D eigenvalue weighted by atomic mass is 16.5. The summed E-state index contributed by atoms with van der Waals surface area (Å²) in [4.78, 5) is 4.76. The monoisotopic (exact) mass is 315 g/mol. The van der Waals surface area contributed by atoms with E-state index in [9.17, 15) is 0 Å². The summed E-state index contributed by atoms with van der Waals surface area (Å²) in [5.41, 5.74) is 3.30. The first kappa shape index (κ1) is 16.0. The summed E-state index contributed by atoms with van der Waals surface area (Å²) in [6, 6.07) is 28.2. The van der Waals surface area contributed by atoms with Crippen molar-refractivity contribution in [3.63, 3.8) is 0 Å². The Hall–Kier alpha value is -2.87. The minimum Gasteiger partial charge on any atom is -0.455 e. The standard InChI is InChI=1S/C22H21NO/c1-18(16-17-19-10-4-2-5-11-19)23-21-14-8-9-15-22(21)24-20-12-6-3-7-13-20/h2-15H,16-17H2,1H3. The van der Waals surface area contributed by atoms with Gasteiger partial charge in [-0.25, -0.2) is 0 Å². The van der Waals surface area contributed by atoms with E-state index >= 15 is 0 Å². The molecule has 24 heavy (non-hydrogen) atoms. The summed E-state index contributed by atoms with van der Waals surface area (Å²) in [5.74, 6) is 1.60. The van der Waals surface area contributed by atoms with E-state index in [4.69, 9.17) is 9.73 Å². The molecule has 0 aliphatic carbocycles. The molecule has 0 saturated heterocycles. The molecule has 0 fully saturated rings. The van der Waals surface area contributed by atoms with Gasteiger partial charge >= 0.3 is 0 Å². The summed E-state index contributed by atoms with van der Waals surface area (Å²) in [5, 5.41) is 0. The van der Waals surface area contributed by atoms with Crippen molar-refractivity contribution in [1.82, 2.24) is 0 Å². The van der Waals surface area contributed by atoms with Gasteiger partial charge in [0.2, 0.25) is 0 Å². The number of benzene rings is 3. The van der Waals surface area contributed by atoms with Crippen molar-refractivity contribution in [3.8, 4) is 11.5 Å². The maximum Gasteiger partial charge on any atom is 0.153 e. The molecule has 0 aromatic heterocycles. The zero-order valence-electron chi connectivity index (χ0n) is 13.9. The van der Waals surface area contributed by atoms with Crippen LogP contribution in [0, 0.1) is 0 Å². The van der Waals surface area contributed by atoms with Crippen molar-refractivity contribution in [2.45, 2.75) is 19.8 Å². The molecule has 0 heterocycles. The molecule has 0 radical (unpaired) electrons. The number of hydrogen-bond acceptors (Lipinski definition) is 2. The van der Waals surface area contributed by atoms with Crippen LogP contribution in [-0.2, 0) is 6.42 Å². The third kappa shape index (κ3) is 4.56. The van der Waals surface area contributed by atoms with Crippen LogP contribution in [0.4, 0.5) is 5.69 Å². The molecule has 0 aliphatic heterocycles. The van der Waals surface area contributed by atoms with Gasteiger partial charge in [0.25, 0.3) is 0 Å². The van der Waals surface area contributed by atoms with Crippen molar-refractivity contribution in [1.29, 1.82) is 0 Å². The van der Waals surface area contributed by atoms with Gasteiger partial charge in [0.05, 0.1) is 0 Å². The highest BCUT2D eigenvalue weighted by Gasteiger charge is 2.04. The molecule has 0 N–H and O–H groups in total. The Bertz CT molecular complexity index is 794. The van der Waals surface area contributed by atoms with E-state index < -0.39 is 0 Å². The highest BCUT2D eigenvalue weighted by Crippen LogP contribution is 2.31.